The van der Waals surface area contributed by atoms with Crippen LogP contribution in [0, 0.1) is 5.41 Å². The Bertz CT molecular complexity index is 970. The van der Waals surface area contributed by atoms with Crippen molar-refractivity contribution in [1.29, 1.82) is 0 Å². The van der Waals surface area contributed by atoms with Crippen molar-refractivity contribution in [2.45, 2.75) is 32.1 Å². The number of ether oxygens (including phenoxy) is 1. The van der Waals surface area contributed by atoms with Crippen LogP contribution in [0.5, 0.6) is 6.01 Å². The third-order valence-electron chi connectivity index (χ3n) is 7.00. The van der Waals surface area contributed by atoms with Gasteiger partial charge in [0.1, 0.15) is 5.82 Å². The first-order chi connectivity index (χ1) is 14.6. The molecule has 1 spiro atoms. The van der Waals surface area contributed by atoms with E-state index in [1.54, 1.807) is 7.11 Å². The van der Waals surface area contributed by atoms with Crippen LogP contribution in [0.25, 0.3) is 0 Å². The fourth-order valence-corrected chi connectivity index (χ4v) is 5.43. The second-order valence-corrected chi connectivity index (χ2v) is 8.77. The molecule has 1 saturated heterocycles. The van der Waals surface area contributed by atoms with Gasteiger partial charge in [-0.1, -0.05) is 30.8 Å². The molecule has 2 heterocycles. The molecule has 5 rings (SSSR count). The van der Waals surface area contributed by atoms with Gasteiger partial charge in [-0.3, -0.25) is 4.79 Å². The summed E-state index contributed by atoms with van der Waals surface area (Å²) in [7, 11) is 1.64. The molecule has 2 aromatic rings. The highest BCUT2D eigenvalue weighted by Crippen LogP contribution is 2.47. The lowest BCUT2D eigenvalue weighted by molar-refractivity contribution is -0.126. The molecule has 0 unspecified atom stereocenters. The molecule has 0 bridgehead atoms. The Balaban J connectivity index is 1.41. The van der Waals surface area contributed by atoms with E-state index in [2.05, 4.69) is 35.7 Å². The molecular weight excluding hydrogens is 376 g/mol. The van der Waals surface area contributed by atoms with Gasteiger partial charge in [-0.25, -0.2) is 0 Å². The largest absolute Gasteiger partial charge is 0.467 e. The Morgan fingerprint density at radius 1 is 1.10 bits per heavy atom. The Kier molecular flexibility index (Phi) is 4.72. The SMILES string of the molecule is C=CC(=O)N1CCN(c2nc(OC)nc3c2CCC2(Cc4ccccc4C2)C3)CC1. The standard InChI is InChI=1S/C24H28N4O2/c1-3-21(29)27-10-12-28(13-11-27)22-19-8-9-24(16-20(19)25-23(26-22)30-2)14-17-6-4-5-7-18(17)15-24/h3-7H,1,8-16H2,2H3. The average Bonchev–Trinajstić information content (AvgIpc) is 3.14. The van der Waals surface area contributed by atoms with Crippen molar-refractivity contribution in [1.82, 2.24) is 14.9 Å². The van der Waals surface area contributed by atoms with Crippen LogP contribution in [0.15, 0.2) is 36.9 Å². The lowest BCUT2D eigenvalue weighted by Crippen LogP contribution is -2.49. The highest BCUT2D eigenvalue weighted by Gasteiger charge is 2.41. The van der Waals surface area contributed by atoms with Crippen molar-refractivity contribution < 1.29 is 9.53 Å². The van der Waals surface area contributed by atoms with Crippen LogP contribution < -0.4 is 9.64 Å². The van der Waals surface area contributed by atoms with Crippen molar-refractivity contribution in [3.8, 4) is 6.01 Å². The molecule has 0 atom stereocenters. The van der Waals surface area contributed by atoms with Gasteiger partial charge in [0.05, 0.1) is 12.8 Å². The number of hydrogen-bond acceptors (Lipinski definition) is 5. The Morgan fingerprint density at radius 3 is 2.43 bits per heavy atom. The molecule has 6 nitrogen and oxygen atoms in total. The molecule has 2 aliphatic carbocycles. The van der Waals surface area contributed by atoms with Gasteiger partial charge in [-0.15, -0.1) is 0 Å². The summed E-state index contributed by atoms with van der Waals surface area (Å²) in [6, 6.07) is 9.29. The highest BCUT2D eigenvalue weighted by atomic mass is 16.5. The third kappa shape index (κ3) is 3.24. The molecule has 156 valence electrons. The number of anilines is 1. The molecule has 1 aromatic heterocycles. The van der Waals surface area contributed by atoms with Gasteiger partial charge >= 0.3 is 6.01 Å². The zero-order valence-corrected chi connectivity index (χ0v) is 17.6. The molecular formula is C24H28N4O2. The monoisotopic (exact) mass is 404 g/mol. The Morgan fingerprint density at radius 2 is 1.80 bits per heavy atom. The number of piperazine rings is 1. The van der Waals surface area contributed by atoms with Crippen LogP contribution >= 0.6 is 0 Å². The zero-order valence-electron chi connectivity index (χ0n) is 17.6. The summed E-state index contributed by atoms with van der Waals surface area (Å²) in [6.45, 7) is 6.51. The van der Waals surface area contributed by atoms with Crippen molar-refractivity contribution >= 4 is 11.7 Å². The van der Waals surface area contributed by atoms with Crippen molar-refractivity contribution in [3.63, 3.8) is 0 Å². The number of hydrogen-bond donors (Lipinski definition) is 0. The van der Waals surface area contributed by atoms with Gasteiger partial charge in [0.15, 0.2) is 0 Å². The quantitative estimate of drug-likeness (QED) is 0.736. The first-order valence-corrected chi connectivity index (χ1v) is 10.8. The molecule has 0 radical (unpaired) electrons. The van der Waals surface area contributed by atoms with Gasteiger partial charge in [0, 0.05) is 31.7 Å². The van der Waals surface area contributed by atoms with E-state index < -0.39 is 0 Å². The van der Waals surface area contributed by atoms with Gasteiger partial charge in [0.2, 0.25) is 5.91 Å². The Hall–Kier alpha value is -2.89. The molecule has 1 amide bonds. The van der Waals surface area contributed by atoms with Crippen molar-refractivity contribution in [3.05, 3.63) is 59.3 Å². The fourth-order valence-electron chi connectivity index (χ4n) is 5.43. The lowest BCUT2D eigenvalue weighted by Gasteiger charge is -2.39. The van der Waals surface area contributed by atoms with Crippen molar-refractivity contribution in [2.24, 2.45) is 5.41 Å². The number of carbonyl (C=O) groups excluding carboxylic acids is 1. The minimum Gasteiger partial charge on any atom is -0.467 e. The maximum Gasteiger partial charge on any atom is 0.318 e. The second-order valence-electron chi connectivity index (χ2n) is 8.77. The summed E-state index contributed by atoms with van der Waals surface area (Å²) >= 11 is 0. The smallest absolute Gasteiger partial charge is 0.318 e. The van der Waals surface area contributed by atoms with E-state index in [4.69, 9.17) is 14.7 Å². The number of amides is 1. The Labute approximate surface area is 177 Å². The zero-order chi connectivity index (χ0) is 20.7. The minimum atomic E-state index is -0.000289. The summed E-state index contributed by atoms with van der Waals surface area (Å²) in [6.07, 6.45) is 6.78. The molecule has 3 aliphatic rings. The summed E-state index contributed by atoms with van der Waals surface area (Å²) in [5, 5.41) is 0. The van der Waals surface area contributed by atoms with E-state index >= 15 is 0 Å². The average molecular weight is 405 g/mol. The summed E-state index contributed by atoms with van der Waals surface area (Å²) in [5.74, 6) is 0.993. The highest BCUT2D eigenvalue weighted by molar-refractivity contribution is 5.87. The first-order valence-electron chi connectivity index (χ1n) is 10.8. The van der Waals surface area contributed by atoms with E-state index in [1.807, 2.05) is 4.90 Å². The van der Waals surface area contributed by atoms with Crippen LogP contribution in [-0.2, 0) is 30.5 Å². The lowest BCUT2D eigenvalue weighted by atomic mass is 9.71. The molecule has 0 N–H and O–H groups in total. The van der Waals surface area contributed by atoms with Crippen LogP contribution in [0.3, 0.4) is 0 Å². The van der Waals surface area contributed by atoms with Crippen LogP contribution in [0.1, 0.15) is 28.8 Å². The summed E-state index contributed by atoms with van der Waals surface area (Å²) < 4.78 is 5.47. The van der Waals surface area contributed by atoms with E-state index in [-0.39, 0.29) is 11.3 Å². The number of carbonyl (C=O) groups is 1. The van der Waals surface area contributed by atoms with E-state index in [0.717, 1.165) is 56.7 Å². The van der Waals surface area contributed by atoms with E-state index in [0.29, 0.717) is 19.1 Å². The number of nitrogens with zero attached hydrogens (tertiary/aromatic N) is 4. The van der Waals surface area contributed by atoms with Crippen LogP contribution in [-0.4, -0.2) is 54.1 Å². The topological polar surface area (TPSA) is 58.6 Å². The minimum absolute atomic E-state index is 0.000289. The van der Waals surface area contributed by atoms with Crippen LogP contribution in [0.2, 0.25) is 0 Å². The molecule has 30 heavy (non-hydrogen) atoms. The molecule has 1 aromatic carbocycles. The predicted octanol–water partition coefficient (Wildman–Crippen LogP) is 2.59. The summed E-state index contributed by atoms with van der Waals surface area (Å²) in [4.78, 5) is 25.6. The maximum absolute atomic E-state index is 11.9. The number of rotatable bonds is 3. The summed E-state index contributed by atoms with van der Waals surface area (Å²) in [5.41, 5.74) is 5.65. The first kappa shape index (κ1) is 19.1. The second kappa shape index (κ2) is 7.42. The third-order valence-corrected chi connectivity index (χ3v) is 7.00. The molecule has 6 heteroatoms. The molecule has 1 fully saturated rings. The number of fused-ring (bicyclic) bond motifs is 2. The van der Waals surface area contributed by atoms with E-state index in [9.17, 15) is 4.79 Å². The molecule has 1 aliphatic heterocycles. The number of benzene rings is 1. The van der Waals surface area contributed by atoms with Gasteiger partial charge in [-0.05, 0) is 54.7 Å². The predicted molar refractivity (Wildman–Crippen MR) is 116 cm³/mol. The number of methoxy groups -OCH3 is 1. The van der Waals surface area contributed by atoms with Gasteiger partial charge in [0.25, 0.3) is 0 Å². The van der Waals surface area contributed by atoms with Gasteiger partial charge in [-0.2, -0.15) is 9.97 Å². The van der Waals surface area contributed by atoms with Crippen LogP contribution in [0.4, 0.5) is 5.82 Å². The van der Waals surface area contributed by atoms with Gasteiger partial charge < -0.3 is 14.5 Å². The fraction of sp³-hybridized carbons (Fsp3) is 0.458. The number of aromatic nitrogens is 2. The van der Waals surface area contributed by atoms with Crippen molar-refractivity contribution in [2.75, 3.05) is 38.2 Å². The normalized spacial score (nSPS) is 19.4. The van der Waals surface area contributed by atoms with E-state index in [1.165, 1.54) is 22.8 Å². The molecule has 0 saturated carbocycles. The maximum atomic E-state index is 11.9.